The van der Waals surface area contributed by atoms with E-state index >= 15 is 0 Å². The van der Waals surface area contributed by atoms with E-state index in [1.165, 1.54) is 0 Å². The molecule has 4 heteroatoms. The van der Waals surface area contributed by atoms with E-state index in [4.69, 9.17) is 4.84 Å². The van der Waals surface area contributed by atoms with Crippen molar-refractivity contribution in [2.75, 3.05) is 13.2 Å². The molecular weight excluding hydrogens is 168 g/mol. The first-order valence-corrected chi connectivity index (χ1v) is 4.29. The number of rotatable bonds is 2. The molecule has 2 heterocycles. The van der Waals surface area contributed by atoms with E-state index < -0.39 is 0 Å². The number of aromatic nitrogens is 1. The smallest absolute Gasteiger partial charge is 0.0958 e. The third kappa shape index (κ3) is 2.24. The van der Waals surface area contributed by atoms with Crippen molar-refractivity contribution in [3.63, 3.8) is 0 Å². The Balaban J connectivity index is 1.92. The van der Waals surface area contributed by atoms with Gasteiger partial charge in [-0.05, 0) is 17.7 Å². The summed E-state index contributed by atoms with van der Waals surface area (Å²) in [5.41, 5.74) is 1.14. The van der Waals surface area contributed by atoms with Crippen molar-refractivity contribution in [3.8, 4) is 0 Å². The van der Waals surface area contributed by atoms with E-state index in [1.807, 2.05) is 12.1 Å². The van der Waals surface area contributed by atoms with Crippen LogP contribution in [-0.2, 0) is 11.4 Å². The number of pyridine rings is 1. The molecule has 13 heavy (non-hydrogen) atoms. The van der Waals surface area contributed by atoms with Gasteiger partial charge in [0.15, 0.2) is 0 Å². The van der Waals surface area contributed by atoms with E-state index in [1.54, 1.807) is 17.5 Å². The van der Waals surface area contributed by atoms with Gasteiger partial charge in [-0.25, -0.2) is 0 Å². The lowest BCUT2D eigenvalue weighted by Gasteiger charge is -2.12. The topological polar surface area (TPSA) is 45.6 Å². The van der Waals surface area contributed by atoms with Crippen LogP contribution in [0.2, 0.25) is 0 Å². The predicted octanol–water partition coefficient (Wildman–Crippen LogP) is 0.190. The van der Waals surface area contributed by atoms with Gasteiger partial charge in [-0.3, -0.25) is 9.82 Å². The van der Waals surface area contributed by atoms with Crippen molar-refractivity contribution in [1.82, 2.24) is 10.0 Å². The summed E-state index contributed by atoms with van der Waals surface area (Å²) in [6, 6.07) is 3.88. The Morgan fingerprint density at radius 1 is 1.54 bits per heavy atom. The number of aliphatic hydroxyl groups is 1. The Bertz CT molecular complexity index is 266. The summed E-state index contributed by atoms with van der Waals surface area (Å²) in [4.78, 5) is 9.16. The minimum atomic E-state index is -0.346. The minimum absolute atomic E-state index is 0.346. The molecule has 0 spiro atoms. The molecule has 1 aromatic heterocycles. The maximum atomic E-state index is 9.20. The van der Waals surface area contributed by atoms with Gasteiger partial charge in [0.1, 0.15) is 0 Å². The van der Waals surface area contributed by atoms with Gasteiger partial charge in [-0.2, -0.15) is 5.06 Å². The van der Waals surface area contributed by atoms with E-state index in [0.29, 0.717) is 19.7 Å². The third-order valence-electron chi connectivity index (χ3n) is 1.97. The number of hydrogen-bond donors (Lipinski definition) is 1. The van der Waals surface area contributed by atoms with Gasteiger partial charge >= 0.3 is 0 Å². The molecule has 70 valence electrons. The Morgan fingerprint density at radius 3 is 2.92 bits per heavy atom. The van der Waals surface area contributed by atoms with Gasteiger partial charge in [0.05, 0.1) is 19.3 Å². The molecule has 0 saturated carbocycles. The van der Waals surface area contributed by atoms with Crippen LogP contribution in [0, 0.1) is 0 Å². The van der Waals surface area contributed by atoms with Crippen molar-refractivity contribution >= 4 is 0 Å². The zero-order valence-corrected chi connectivity index (χ0v) is 7.26. The molecule has 1 saturated heterocycles. The van der Waals surface area contributed by atoms with Crippen molar-refractivity contribution < 1.29 is 9.94 Å². The maximum Gasteiger partial charge on any atom is 0.0958 e. The van der Waals surface area contributed by atoms with Gasteiger partial charge in [0, 0.05) is 18.9 Å². The first-order chi connectivity index (χ1) is 6.34. The van der Waals surface area contributed by atoms with E-state index in [0.717, 1.165) is 5.56 Å². The van der Waals surface area contributed by atoms with Crippen molar-refractivity contribution in [1.29, 1.82) is 0 Å². The number of aliphatic hydroxyl groups excluding tert-OH is 1. The highest BCUT2D eigenvalue weighted by Gasteiger charge is 2.20. The predicted molar refractivity (Wildman–Crippen MR) is 46.6 cm³/mol. The lowest BCUT2D eigenvalue weighted by atomic mass is 10.2. The summed E-state index contributed by atoms with van der Waals surface area (Å²) in [5.74, 6) is 0. The molecule has 1 aliphatic rings. The Kier molecular flexibility index (Phi) is 2.54. The average molecular weight is 180 g/mol. The average Bonchev–Trinajstić information content (AvgIpc) is 2.53. The van der Waals surface area contributed by atoms with Gasteiger partial charge in [0.25, 0.3) is 0 Å². The molecule has 1 N–H and O–H groups in total. The summed E-state index contributed by atoms with van der Waals surface area (Å²) in [6.45, 7) is 1.70. The fraction of sp³-hybridized carbons (Fsp3) is 0.444. The van der Waals surface area contributed by atoms with Crippen LogP contribution in [0.15, 0.2) is 24.5 Å². The van der Waals surface area contributed by atoms with Crippen LogP contribution in [0.1, 0.15) is 5.56 Å². The summed E-state index contributed by atoms with van der Waals surface area (Å²) in [7, 11) is 0. The molecule has 0 radical (unpaired) electrons. The quantitative estimate of drug-likeness (QED) is 0.705. The highest BCUT2D eigenvalue weighted by Crippen LogP contribution is 2.10. The van der Waals surface area contributed by atoms with Crippen molar-refractivity contribution in [2.45, 2.75) is 12.6 Å². The van der Waals surface area contributed by atoms with Crippen LogP contribution in [0.25, 0.3) is 0 Å². The second kappa shape index (κ2) is 3.83. The lowest BCUT2D eigenvalue weighted by molar-refractivity contribution is -0.117. The van der Waals surface area contributed by atoms with Crippen LogP contribution in [-0.4, -0.2) is 34.4 Å². The maximum absolute atomic E-state index is 9.20. The number of nitrogens with zero attached hydrogens (tertiary/aromatic N) is 2. The van der Waals surface area contributed by atoms with Crippen LogP contribution in [0.3, 0.4) is 0 Å². The zero-order chi connectivity index (χ0) is 9.10. The highest BCUT2D eigenvalue weighted by molar-refractivity contribution is 5.09. The molecule has 1 fully saturated rings. The minimum Gasteiger partial charge on any atom is -0.389 e. The zero-order valence-electron chi connectivity index (χ0n) is 7.26. The monoisotopic (exact) mass is 180 g/mol. The second-order valence-corrected chi connectivity index (χ2v) is 3.13. The second-order valence-electron chi connectivity index (χ2n) is 3.13. The van der Waals surface area contributed by atoms with E-state index in [-0.39, 0.29) is 6.10 Å². The largest absolute Gasteiger partial charge is 0.389 e. The van der Waals surface area contributed by atoms with Crippen LogP contribution in [0.4, 0.5) is 0 Å². The fourth-order valence-corrected chi connectivity index (χ4v) is 1.33. The highest BCUT2D eigenvalue weighted by atomic mass is 16.7. The van der Waals surface area contributed by atoms with Crippen molar-refractivity contribution in [2.24, 2.45) is 0 Å². The third-order valence-corrected chi connectivity index (χ3v) is 1.97. The molecule has 0 bridgehead atoms. The molecule has 1 aliphatic heterocycles. The normalized spacial score (nSPS) is 23.6. The lowest BCUT2D eigenvalue weighted by Crippen LogP contribution is -2.20. The molecule has 4 nitrogen and oxygen atoms in total. The summed E-state index contributed by atoms with van der Waals surface area (Å²) >= 11 is 0. The number of hydroxylamine groups is 2. The molecule has 0 aliphatic carbocycles. The molecule has 0 aromatic carbocycles. The van der Waals surface area contributed by atoms with E-state index in [9.17, 15) is 5.11 Å². The first kappa shape index (κ1) is 8.62. The standard InChI is InChI=1S/C9H12N2O2/c12-9-6-11(13-7-9)5-8-1-3-10-4-2-8/h1-4,9,12H,5-7H2/t9-/m0/s1. The van der Waals surface area contributed by atoms with Gasteiger partial charge < -0.3 is 5.11 Å². The Morgan fingerprint density at radius 2 is 2.31 bits per heavy atom. The molecule has 0 unspecified atom stereocenters. The number of β-amino-alcohol motifs (C(OH)–C–C–N with tert-alkyl or cyclic N) is 1. The van der Waals surface area contributed by atoms with Gasteiger partial charge in [-0.1, -0.05) is 0 Å². The van der Waals surface area contributed by atoms with Gasteiger partial charge in [0.2, 0.25) is 0 Å². The summed E-state index contributed by atoms with van der Waals surface area (Å²) in [5, 5.41) is 11.0. The summed E-state index contributed by atoms with van der Waals surface area (Å²) in [6.07, 6.45) is 3.16. The first-order valence-electron chi connectivity index (χ1n) is 4.29. The number of hydrogen-bond acceptors (Lipinski definition) is 4. The molecule has 0 amide bonds. The Labute approximate surface area is 76.7 Å². The fourth-order valence-electron chi connectivity index (χ4n) is 1.33. The van der Waals surface area contributed by atoms with Crippen LogP contribution >= 0.6 is 0 Å². The SMILES string of the molecule is O[C@@H]1CON(Cc2ccncc2)C1. The van der Waals surface area contributed by atoms with Gasteiger partial charge in [-0.15, -0.1) is 0 Å². The van der Waals surface area contributed by atoms with Crippen molar-refractivity contribution in [3.05, 3.63) is 30.1 Å². The Hall–Kier alpha value is -0.970. The van der Waals surface area contributed by atoms with Crippen LogP contribution < -0.4 is 0 Å². The van der Waals surface area contributed by atoms with E-state index in [2.05, 4.69) is 4.98 Å². The summed E-state index contributed by atoms with van der Waals surface area (Å²) < 4.78 is 0. The molecule has 1 aromatic rings. The molecule has 1 atom stereocenters. The molecule has 2 rings (SSSR count). The van der Waals surface area contributed by atoms with Crippen LogP contribution in [0.5, 0.6) is 0 Å². The molecular formula is C9H12N2O2.